The number of aryl methyl sites for hydroxylation is 2. The minimum absolute atomic E-state index is 0.655. The summed E-state index contributed by atoms with van der Waals surface area (Å²) in [5.41, 5.74) is 3.90. The van der Waals surface area contributed by atoms with E-state index in [1.165, 1.54) is 5.56 Å². The Morgan fingerprint density at radius 1 is 1.47 bits per heavy atom. The fraction of sp³-hybridized carbons (Fsp3) is 0.286. The lowest BCUT2D eigenvalue weighted by Crippen LogP contribution is -2.05. The van der Waals surface area contributed by atoms with Gasteiger partial charge in [0.15, 0.2) is 0 Å². The largest absolute Gasteiger partial charge is 0.384 e. The summed E-state index contributed by atoms with van der Waals surface area (Å²) in [7, 11) is 0. The molecule has 0 aliphatic heterocycles. The molecule has 0 unspecified atom stereocenters. The molecule has 0 amide bonds. The topological polar surface area (TPSA) is 64.5 Å². The molecule has 4 nitrogen and oxygen atoms in total. The van der Waals surface area contributed by atoms with Crippen LogP contribution in [-0.2, 0) is 6.42 Å². The van der Waals surface area contributed by atoms with Crippen molar-refractivity contribution in [1.29, 1.82) is 5.26 Å². The molecule has 0 radical (unpaired) electrons. The van der Waals surface area contributed by atoms with Crippen LogP contribution in [0.5, 0.6) is 0 Å². The normalized spacial score (nSPS) is 10.2. The van der Waals surface area contributed by atoms with Crippen LogP contribution < -0.4 is 5.32 Å². The molecule has 0 saturated heterocycles. The van der Waals surface area contributed by atoms with E-state index in [-0.39, 0.29) is 0 Å². The van der Waals surface area contributed by atoms with Gasteiger partial charge in [0.1, 0.15) is 6.07 Å². The first-order chi connectivity index (χ1) is 9.22. The molecule has 0 fully saturated rings. The number of aromatic amines is 1. The van der Waals surface area contributed by atoms with E-state index in [1.54, 1.807) is 0 Å². The van der Waals surface area contributed by atoms with Gasteiger partial charge in [0.25, 0.3) is 0 Å². The highest BCUT2D eigenvalue weighted by molar-refractivity contribution is 9.10. The number of aromatic nitrogens is 2. The second-order valence-electron chi connectivity index (χ2n) is 4.32. The van der Waals surface area contributed by atoms with Crippen molar-refractivity contribution < 1.29 is 0 Å². The average molecular weight is 319 g/mol. The number of nitriles is 1. The maximum absolute atomic E-state index is 9.11. The molecule has 0 aliphatic carbocycles. The van der Waals surface area contributed by atoms with Crippen LogP contribution in [-0.4, -0.2) is 16.7 Å². The van der Waals surface area contributed by atoms with Gasteiger partial charge >= 0.3 is 0 Å². The van der Waals surface area contributed by atoms with Crippen molar-refractivity contribution in [3.05, 3.63) is 45.7 Å². The zero-order chi connectivity index (χ0) is 13.7. The molecule has 98 valence electrons. The van der Waals surface area contributed by atoms with Crippen LogP contribution in [0.4, 0.5) is 5.69 Å². The number of anilines is 1. The highest BCUT2D eigenvalue weighted by Gasteiger charge is 2.05. The molecule has 19 heavy (non-hydrogen) atoms. The Hall–Kier alpha value is -1.80. The Morgan fingerprint density at radius 2 is 2.32 bits per heavy atom. The zero-order valence-corrected chi connectivity index (χ0v) is 12.3. The maximum Gasteiger partial charge on any atom is 0.103 e. The van der Waals surface area contributed by atoms with Gasteiger partial charge in [-0.3, -0.25) is 5.10 Å². The van der Waals surface area contributed by atoms with Crippen LogP contribution in [0, 0.1) is 18.3 Å². The van der Waals surface area contributed by atoms with E-state index in [0.717, 1.165) is 35.2 Å². The van der Waals surface area contributed by atoms with Crippen molar-refractivity contribution >= 4 is 21.6 Å². The van der Waals surface area contributed by atoms with Crippen molar-refractivity contribution in [2.45, 2.75) is 19.8 Å². The SMILES string of the molecule is Cc1[nH]ncc1CCCNc1cccc(Br)c1C#N. The molecule has 0 saturated carbocycles. The van der Waals surface area contributed by atoms with Gasteiger partial charge in [0, 0.05) is 16.7 Å². The van der Waals surface area contributed by atoms with E-state index in [9.17, 15) is 0 Å². The summed E-state index contributed by atoms with van der Waals surface area (Å²) in [6, 6.07) is 7.92. The van der Waals surface area contributed by atoms with Crippen molar-refractivity contribution in [2.24, 2.45) is 0 Å². The van der Waals surface area contributed by atoms with E-state index in [4.69, 9.17) is 5.26 Å². The predicted molar refractivity (Wildman–Crippen MR) is 79.0 cm³/mol. The lowest BCUT2D eigenvalue weighted by molar-refractivity contribution is 0.857. The van der Waals surface area contributed by atoms with Crippen molar-refractivity contribution in [2.75, 3.05) is 11.9 Å². The summed E-state index contributed by atoms with van der Waals surface area (Å²) < 4.78 is 0.825. The Labute approximate surface area is 121 Å². The first-order valence-electron chi connectivity index (χ1n) is 6.13. The average Bonchev–Trinajstić information content (AvgIpc) is 2.80. The van der Waals surface area contributed by atoms with Crippen LogP contribution >= 0.6 is 15.9 Å². The molecular weight excluding hydrogens is 304 g/mol. The van der Waals surface area contributed by atoms with Gasteiger partial charge < -0.3 is 5.32 Å². The number of halogens is 1. The van der Waals surface area contributed by atoms with E-state index in [2.05, 4.69) is 37.5 Å². The number of H-pyrrole nitrogens is 1. The van der Waals surface area contributed by atoms with E-state index in [0.29, 0.717) is 5.56 Å². The summed E-state index contributed by atoms with van der Waals surface area (Å²) in [6.45, 7) is 2.85. The Kier molecular flexibility index (Phi) is 4.58. The first kappa shape index (κ1) is 13.6. The molecule has 2 N–H and O–H groups in total. The number of rotatable bonds is 5. The molecule has 1 heterocycles. The number of hydrogen-bond donors (Lipinski definition) is 2. The van der Waals surface area contributed by atoms with Crippen LogP contribution in [0.2, 0.25) is 0 Å². The van der Waals surface area contributed by atoms with Gasteiger partial charge in [0.2, 0.25) is 0 Å². The zero-order valence-electron chi connectivity index (χ0n) is 10.7. The van der Waals surface area contributed by atoms with Gasteiger partial charge in [-0.2, -0.15) is 10.4 Å². The van der Waals surface area contributed by atoms with Crippen molar-refractivity contribution in [1.82, 2.24) is 10.2 Å². The highest BCUT2D eigenvalue weighted by atomic mass is 79.9. The first-order valence-corrected chi connectivity index (χ1v) is 6.93. The lowest BCUT2D eigenvalue weighted by Gasteiger charge is -2.08. The lowest BCUT2D eigenvalue weighted by atomic mass is 10.1. The van der Waals surface area contributed by atoms with Crippen molar-refractivity contribution in [3.63, 3.8) is 0 Å². The van der Waals surface area contributed by atoms with Gasteiger partial charge in [-0.1, -0.05) is 6.07 Å². The van der Waals surface area contributed by atoms with Gasteiger partial charge in [0.05, 0.1) is 17.4 Å². The number of nitrogens with one attached hydrogen (secondary N) is 2. The van der Waals surface area contributed by atoms with E-state index >= 15 is 0 Å². The molecule has 2 rings (SSSR count). The van der Waals surface area contributed by atoms with Crippen LogP contribution in [0.15, 0.2) is 28.9 Å². The van der Waals surface area contributed by atoms with Gasteiger partial charge in [-0.05, 0) is 53.4 Å². The second-order valence-corrected chi connectivity index (χ2v) is 5.18. The van der Waals surface area contributed by atoms with Crippen LogP contribution in [0.25, 0.3) is 0 Å². The maximum atomic E-state index is 9.11. The molecule has 0 aliphatic rings. The number of nitrogens with zero attached hydrogens (tertiary/aromatic N) is 2. The van der Waals surface area contributed by atoms with Crippen LogP contribution in [0.1, 0.15) is 23.2 Å². The summed E-state index contributed by atoms with van der Waals surface area (Å²) in [4.78, 5) is 0. The quantitative estimate of drug-likeness (QED) is 0.830. The molecule has 1 aromatic heterocycles. The molecule has 5 heteroatoms. The van der Waals surface area contributed by atoms with Crippen molar-refractivity contribution in [3.8, 4) is 6.07 Å². The minimum Gasteiger partial charge on any atom is -0.384 e. The highest BCUT2D eigenvalue weighted by Crippen LogP contribution is 2.23. The Balaban J connectivity index is 1.88. The summed E-state index contributed by atoms with van der Waals surface area (Å²) >= 11 is 3.38. The van der Waals surface area contributed by atoms with Crippen LogP contribution in [0.3, 0.4) is 0 Å². The molecule has 1 aromatic carbocycles. The van der Waals surface area contributed by atoms with Gasteiger partial charge in [-0.25, -0.2) is 0 Å². The Morgan fingerprint density at radius 3 is 3.00 bits per heavy atom. The molecule has 0 spiro atoms. The summed E-state index contributed by atoms with van der Waals surface area (Å²) in [5.74, 6) is 0. The Bertz CT molecular complexity index is 598. The third kappa shape index (κ3) is 3.36. The van der Waals surface area contributed by atoms with Gasteiger partial charge in [-0.15, -0.1) is 0 Å². The standard InChI is InChI=1S/C14H15BrN4/c1-10-11(9-18-19-10)4-3-7-17-14-6-2-5-13(15)12(14)8-16/h2,5-6,9,17H,3-4,7H2,1H3,(H,18,19). The second kappa shape index (κ2) is 6.39. The third-order valence-electron chi connectivity index (χ3n) is 3.00. The molecule has 2 aromatic rings. The van der Waals surface area contributed by atoms with E-state index in [1.807, 2.05) is 31.3 Å². The molecular formula is C14H15BrN4. The van der Waals surface area contributed by atoms with E-state index < -0.39 is 0 Å². The monoisotopic (exact) mass is 318 g/mol. The third-order valence-corrected chi connectivity index (χ3v) is 3.66. The number of hydrogen-bond acceptors (Lipinski definition) is 3. The predicted octanol–water partition coefficient (Wildman–Crippen LogP) is 3.40. The fourth-order valence-electron chi connectivity index (χ4n) is 1.91. The number of benzene rings is 1. The summed E-state index contributed by atoms with van der Waals surface area (Å²) in [5, 5.41) is 19.4. The summed E-state index contributed by atoms with van der Waals surface area (Å²) in [6.07, 6.45) is 3.85. The fourth-order valence-corrected chi connectivity index (χ4v) is 2.37. The molecule has 0 atom stereocenters. The minimum atomic E-state index is 0.655. The molecule has 0 bridgehead atoms. The smallest absolute Gasteiger partial charge is 0.103 e.